The van der Waals surface area contributed by atoms with Crippen LogP contribution in [0.1, 0.15) is 93.9 Å². The summed E-state index contributed by atoms with van der Waals surface area (Å²) in [5.74, 6) is -2.86. The lowest BCUT2D eigenvalue weighted by Gasteiger charge is -2.50. The van der Waals surface area contributed by atoms with Crippen LogP contribution >= 0.6 is 0 Å². The molecule has 3 aliphatic heterocycles. The first-order chi connectivity index (χ1) is 27.2. The van der Waals surface area contributed by atoms with Gasteiger partial charge in [-0.15, -0.1) is 0 Å². The van der Waals surface area contributed by atoms with Crippen molar-refractivity contribution in [2.45, 2.75) is 179 Å². The topological polar surface area (TPSA) is 206 Å². The van der Waals surface area contributed by atoms with E-state index >= 15 is 0 Å². The Bertz CT molecular complexity index is 1390. The number of carbonyl (C=O) groups excluding carboxylic acids is 4. The molecule has 0 radical (unpaired) electrons. The maximum Gasteiger partial charge on any atom is 0.309 e. The van der Waals surface area contributed by atoms with E-state index in [1.54, 1.807) is 71.0 Å². The molecule has 0 aromatic rings. The van der Waals surface area contributed by atoms with Crippen molar-refractivity contribution in [3.05, 3.63) is 24.3 Å². The van der Waals surface area contributed by atoms with Crippen LogP contribution in [0, 0.1) is 17.8 Å². The summed E-state index contributed by atoms with van der Waals surface area (Å²) in [6, 6.07) is -0.786. The van der Waals surface area contributed by atoms with Gasteiger partial charge in [0.2, 0.25) is 0 Å². The minimum absolute atomic E-state index is 0.000956. The summed E-state index contributed by atoms with van der Waals surface area (Å²) in [5.41, 5.74) is -1.32. The number of likely N-dealkylation sites (N-methyl/N-ethyl adjacent to an activating group) is 1. The van der Waals surface area contributed by atoms with Gasteiger partial charge in [-0.3, -0.25) is 14.4 Å². The Kier molecular flexibility index (Phi) is 19.4. The molecule has 16 atom stereocenters. The number of carbonyl (C=O) groups is 4. The van der Waals surface area contributed by atoms with Crippen molar-refractivity contribution in [2.24, 2.45) is 17.8 Å². The number of ether oxygens (including phenoxy) is 8. The van der Waals surface area contributed by atoms with Gasteiger partial charge in [0.1, 0.15) is 48.5 Å². The summed E-state index contributed by atoms with van der Waals surface area (Å²) in [7, 11) is 4.86. The second-order valence-electron chi connectivity index (χ2n) is 16.9. The van der Waals surface area contributed by atoms with Gasteiger partial charge >= 0.3 is 17.9 Å². The van der Waals surface area contributed by atoms with Gasteiger partial charge in [-0.25, -0.2) is 0 Å². The molecule has 58 heavy (non-hydrogen) atoms. The van der Waals surface area contributed by atoms with Crippen LogP contribution < -0.4 is 0 Å². The number of cyclic esters (lactones) is 1. The van der Waals surface area contributed by atoms with Gasteiger partial charge in [0.15, 0.2) is 12.6 Å². The van der Waals surface area contributed by atoms with Gasteiger partial charge in [0.25, 0.3) is 0 Å². The minimum Gasteiger partial charge on any atom is -0.462 e. The third-order valence-corrected chi connectivity index (χ3v) is 11.0. The number of rotatable bonds is 12. The van der Waals surface area contributed by atoms with Gasteiger partial charge in [-0.05, 0) is 66.0 Å². The van der Waals surface area contributed by atoms with Crippen LogP contribution in [-0.2, 0) is 57.1 Å². The Balaban J connectivity index is 2.01. The van der Waals surface area contributed by atoms with Gasteiger partial charge in [-0.2, -0.15) is 0 Å². The summed E-state index contributed by atoms with van der Waals surface area (Å²) < 4.78 is 48.7. The molecule has 2 saturated heterocycles. The van der Waals surface area contributed by atoms with E-state index in [9.17, 15) is 34.5 Å². The van der Waals surface area contributed by atoms with E-state index in [-0.39, 0.29) is 31.6 Å². The number of aliphatic hydroxyl groups excluding tert-OH is 3. The molecule has 3 rings (SSSR count). The van der Waals surface area contributed by atoms with Crippen molar-refractivity contribution < 1.29 is 72.4 Å². The number of hydrogen-bond acceptors (Lipinski definition) is 16. The van der Waals surface area contributed by atoms with Crippen molar-refractivity contribution in [1.82, 2.24) is 4.90 Å². The number of allylic oxidation sites excluding steroid dienone is 2. The molecule has 0 aromatic heterocycles. The standard InChI is InChI=1S/C42H69NO15/c1-23(2)19-33(48)58-42(8)22-34(53-27(6)40(42)50)56-37-26(5)54-41(36(49)35(37)43(9)10)57-38-29(17-18-44)20-24(3)30(46)16-14-12-13-15-25(4)52-32(47)21-31(39(38)51-11)55-28(7)45/h12-14,16,18,23-27,29-31,34-41,46,49-50H,15,17,19-22H2,1-11H3/t24-,25-,26-,27+,29+,30+,31-,34+,35-,36-,37-,38+,39+,40+,41+,42-/m1/s1. The molecule has 0 spiro atoms. The van der Waals surface area contributed by atoms with Crippen molar-refractivity contribution in [3.63, 3.8) is 0 Å². The highest BCUT2D eigenvalue weighted by molar-refractivity contribution is 5.72. The quantitative estimate of drug-likeness (QED) is 0.147. The monoisotopic (exact) mass is 827 g/mol. The Morgan fingerprint density at radius 2 is 1.71 bits per heavy atom. The highest BCUT2D eigenvalue weighted by atomic mass is 16.7. The molecule has 2 fully saturated rings. The van der Waals surface area contributed by atoms with Gasteiger partial charge < -0.3 is 62.9 Å². The lowest BCUT2D eigenvalue weighted by Crippen LogP contribution is -2.66. The predicted molar refractivity (Wildman–Crippen MR) is 210 cm³/mol. The van der Waals surface area contributed by atoms with E-state index in [1.165, 1.54) is 14.0 Å². The average molecular weight is 828 g/mol. The van der Waals surface area contributed by atoms with Crippen LogP contribution in [0.25, 0.3) is 0 Å². The molecule has 0 aliphatic carbocycles. The lowest BCUT2D eigenvalue weighted by molar-refractivity contribution is -0.344. The summed E-state index contributed by atoms with van der Waals surface area (Å²) in [4.78, 5) is 52.5. The smallest absolute Gasteiger partial charge is 0.309 e. The zero-order valence-corrected chi connectivity index (χ0v) is 36.1. The number of nitrogens with zero attached hydrogens (tertiary/aromatic N) is 1. The normalized spacial score (nSPS) is 39.6. The fourth-order valence-electron chi connectivity index (χ4n) is 8.06. The average Bonchev–Trinajstić information content (AvgIpc) is 3.10. The largest absolute Gasteiger partial charge is 0.462 e. The van der Waals surface area contributed by atoms with Gasteiger partial charge in [0.05, 0.1) is 36.9 Å². The van der Waals surface area contributed by atoms with Crippen molar-refractivity contribution in [3.8, 4) is 0 Å². The number of methoxy groups -OCH3 is 1. The van der Waals surface area contributed by atoms with Crippen molar-refractivity contribution >= 4 is 24.2 Å². The Labute approximate surface area is 343 Å². The van der Waals surface area contributed by atoms with Crippen LogP contribution in [0.4, 0.5) is 0 Å². The van der Waals surface area contributed by atoms with E-state index in [4.69, 9.17) is 37.9 Å². The van der Waals surface area contributed by atoms with Crippen LogP contribution in [0.5, 0.6) is 0 Å². The number of hydrogen-bond donors (Lipinski definition) is 3. The molecule has 0 unspecified atom stereocenters. The fourth-order valence-corrected chi connectivity index (χ4v) is 8.06. The highest BCUT2D eigenvalue weighted by Crippen LogP contribution is 2.38. The van der Waals surface area contributed by atoms with Crippen LogP contribution in [-0.4, -0.2) is 151 Å². The molecule has 16 heteroatoms. The summed E-state index contributed by atoms with van der Waals surface area (Å²) in [6.07, 6.45) is -4.33. The first kappa shape index (κ1) is 49.6. The molecule has 0 amide bonds. The highest BCUT2D eigenvalue weighted by Gasteiger charge is 2.53. The van der Waals surface area contributed by atoms with Crippen molar-refractivity contribution in [1.29, 1.82) is 0 Å². The molecule has 332 valence electrons. The van der Waals surface area contributed by atoms with E-state index in [0.29, 0.717) is 12.7 Å². The van der Waals surface area contributed by atoms with E-state index in [2.05, 4.69) is 0 Å². The first-order valence-corrected chi connectivity index (χ1v) is 20.4. The van der Waals surface area contributed by atoms with Crippen LogP contribution in [0.3, 0.4) is 0 Å². The number of aldehydes is 1. The molecule has 16 nitrogen and oxygen atoms in total. The zero-order valence-electron chi connectivity index (χ0n) is 36.1. The molecule has 3 heterocycles. The molecule has 3 N–H and O–H groups in total. The second kappa shape index (κ2) is 22.7. The minimum atomic E-state index is -1.40. The van der Waals surface area contributed by atoms with Crippen LogP contribution in [0.2, 0.25) is 0 Å². The lowest BCUT2D eigenvalue weighted by atomic mass is 9.82. The number of aliphatic hydroxyl groups is 3. The molecule has 3 aliphatic rings. The Morgan fingerprint density at radius 1 is 1.02 bits per heavy atom. The third kappa shape index (κ3) is 13.9. The first-order valence-electron chi connectivity index (χ1n) is 20.4. The Hall–Kier alpha value is -2.80. The summed E-state index contributed by atoms with van der Waals surface area (Å²) in [5, 5.41) is 34.2. The molecular formula is C42H69NO15. The van der Waals surface area contributed by atoms with Gasteiger partial charge in [-0.1, -0.05) is 45.1 Å². The molecular weight excluding hydrogens is 758 g/mol. The van der Waals surface area contributed by atoms with E-state index in [1.807, 2.05) is 20.8 Å². The van der Waals surface area contributed by atoms with Gasteiger partial charge in [0, 0.05) is 39.7 Å². The molecule has 0 aromatic carbocycles. The molecule has 0 saturated carbocycles. The Morgan fingerprint density at radius 3 is 2.31 bits per heavy atom. The van der Waals surface area contributed by atoms with Crippen molar-refractivity contribution in [2.75, 3.05) is 21.2 Å². The SMILES string of the molecule is CO[C@@H]1[C@@H](O[C@@H]2O[C@H](C)[C@@H](O[C@H]3C[C@@](C)(OC(=O)CC(C)C)[C@@H](O)[C@H](C)O3)[C@H](N(C)C)[C@H]2O)[C@@H](CC=O)C[C@@H](C)[C@@H](O)C=CC=CC[C@@H](C)OC(=O)C[C@H]1OC(C)=O. The fraction of sp³-hybridized carbons (Fsp3) is 0.810. The van der Waals surface area contributed by atoms with E-state index in [0.717, 1.165) is 0 Å². The maximum absolute atomic E-state index is 13.3. The molecule has 0 bridgehead atoms. The zero-order chi connectivity index (χ0) is 43.5. The predicted octanol–water partition coefficient (Wildman–Crippen LogP) is 3.01. The maximum atomic E-state index is 13.3. The van der Waals surface area contributed by atoms with E-state index < -0.39 is 121 Å². The third-order valence-electron chi connectivity index (χ3n) is 11.0. The number of esters is 3. The van der Waals surface area contributed by atoms with Crippen LogP contribution in [0.15, 0.2) is 24.3 Å². The summed E-state index contributed by atoms with van der Waals surface area (Å²) in [6.45, 7) is 13.6. The summed E-state index contributed by atoms with van der Waals surface area (Å²) >= 11 is 0. The second-order valence-corrected chi connectivity index (χ2v) is 16.9.